The van der Waals surface area contributed by atoms with Crippen LogP contribution < -0.4 is 10.6 Å². The van der Waals surface area contributed by atoms with Crippen molar-refractivity contribution >= 4 is 41.5 Å². The van der Waals surface area contributed by atoms with E-state index in [1.807, 2.05) is 24.3 Å². The van der Waals surface area contributed by atoms with Crippen LogP contribution in [0.2, 0.25) is 5.02 Å². The van der Waals surface area contributed by atoms with Crippen LogP contribution in [0.3, 0.4) is 0 Å². The summed E-state index contributed by atoms with van der Waals surface area (Å²) in [6.07, 6.45) is 5.18. The SMILES string of the molecule is CCc1nncn1CCNC(=NCc1cccc(Cl)c1)NCC1CCCN1CC.I. The molecule has 2 heterocycles. The third kappa shape index (κ3) is 7.39. The predicted octanol–water partition coefficient (Wildman–Crippen LogP) is 3.33. The van der Waals surface area contributed by atoms with Gasteiger partial charge in [0.2, 0.25) is 0 Å². The molecule has 1 aromatic carbocycles. The summed E-state index contributed by atoms with van der Waals surface area (Å²) >= 11 is 6.11. The van der Waals surface area contributed by atoms with Crippen molar-refractivity contribution in [2.45, 2.75) is 52.2 Å². The van der Waals surface area contributed by atoms with Crippen LogP contribution in [-0.2, 0) is 19.5 Å². The zero-order valence-electron chi connectivity index (χ0n) is 17.9. The molecule has 1 aromatic heterocycles. The molecule has 1 aliphatic heterocycles. The fourth-order valence-electron chi connectivity index (χ4n) is 3.77. The Balaban J connectivity index is 0.00000320. The average molecular weight is 546 g/mol. The normalized spacial score (nSPS) is 17.0. The molecule has 7 nitrogen and oxygen atoms in total. The van der Waals surface area contributed by atoms with Gasteiger partial charge in [0.25, 0.3) is 0 Å². The Morgan fingerprint density at radius 1 is 1.30 bits per heavy atom. The maximum absolute atomic E-state index is 6.11. The molecular weight excluding hydrogens is 513 g/mol. The highest BCUT2D eigenvalue weighted by Gasteiger charge is 2.22. The van der Waals surface area contributed by atoms with Gasteiger partial charge in [-0.25, -0.2) is 4.99 Å². The van der Waals surface area contributed by atoms with Gasteiger partial charge in [-0.05, 0) is 43.6 Å². The molecule has 1 saturated heterocycles. The van der Waals surface area contributed by atoms with E-state index in [0.717, 1.165) is 55.0 Å². The number of hydrogen-bond donors (Lipinski definition) is 2. The van der Waals surface area contributed by atoms with E-state index < -0.39 is 0 Å². The van der Waals surface area contributed by atoms with E-state index in [1.54, 1.807) is 6.33 Å². The van der Waals surface area contributed by atoms with E-state index in [-0.39, 0.29) is 24.0 Å². The highest BCUT2D eigenvalue weighted by Crippen LogP contribution is 2.15. The largest absolute Gasteiger partial charge is 0.355 e. The molecule has 1 aliphatic rings. The van der Waals surface area contributed by atoms with Crippen molar-refractivity contribution < 1.29 is 0 Å². The van der Waals surface area contributed by atoms with Crippen LogP contribution >= 0.6 is 35.6 Å². The summed E-state index contributed by atoms with van der Waals surface area (Å²) in [5, 5.41) is 15.9. The minimum atomic E-state index is 0. The lowest BCUT2D eigenvalue weighted by molar-refractivity contribution is 0.267. The first-order valence-corrected chi connectivity index (χ1v) is 10.9. The molecule has 2 aromatic rings. The number of likely N-dealkylation sites (N-methyl/N-ethyl adjacent to an activating group) is 1. The third-order valence-corrected chi connectivity index (χ3v) is 5.61. The lowest BCUT2D eigenvalue weighted by atomic mass is 10.2. The number of aryl methyl sites for hydroxylation is 1. The molecule has 166 valence electrons. The predicted molar refractivity (Wildman–Crippen MR) is 134 cm³/mol. The van der Waals surface area contributed by atoms with E-state index in [4.69, 9.17) is 16.6 Å². The van der Waals surface area contributed by atoms with Gasteiger partial charge in [0.05, 0.1) is 6.54 Å². The lowest BCUT2D eigenvalue weighted by Crippen LogP contribution is -2.45. The van der Waals surface area contributed by atoms with Crippen molar-refractivity contribution in [2.24, 2.45) is 4.99 Å². The molecule has 0 spiro atoms. The van der Waals surface area contributed by atoms with E-state index >= 15 is 0 Å². The van der Waals surface area contributed by atoms with Crippen LogP contribution in [0.25, 0.3) is 0 Å². The van der Waals surface area contributed by atoms with Crippen LogP contribution in [0.1, 0.15) is 38.1 Å². The van der Waals surface area contributed by atoms with Crippen molar-refractivity contribution in [1.82, 2.24) is 30.3 Å². The minimum absolute atomic E-state index is 0. The number of likely N-dealkylation sites (tertiary alicyclic amines) is 1. The van der Waals surface area contributed by atoms with Crippen LogP contribution in [0.4, 0.5) is 0 Å². The van der Waals surface area contributed by atoms with Crippen LogP contribution in [0.15, 0.2) is 35.6 Å². The molecule has 30 heavy (non-hydrogen) atoms. The minimum Gasteiger partial charge on any atom is -0.355 e. The van der Waals surface area contributed by atoms with Crippen LogP contribution in [0, 0.1) is 0 Å². The molecule has 0 amide bonds. The highest BCUT2D eigenvalue weighted by atomic mass is 127. The Bertz CT molecular complexity index is 795. The van der Waals surface area contributed by atoms with Gasteiger partial charge in [0, 0.05) is 37.1 Å². The third-order valence-electron chi connectivity index (χ3n) is 5.38. The first kappa shape index (κ1) is 24.9. The van der Waals surface area contributed by atoms with Crippen molar-refractivity contribution in [3.63, 3.8) is 0 Å². The molecule has 1 unspecified atom stereocenters. The fourth-order valence-corrected chi connectivity index (χ4v) is 3.98. The second kappa shape index (κ2) is 13.1. The second-order valence-electron chi connectivity index (χ2n) is 7.32. The van der Waals surface area contributed by atoms with E-state index in [0.29, 0.717) is 12.6 Å². The summed E-state index contributed by atoms with van der Waals surface area (Å²) in [6, 6.07) is 8.43. The van der Waals surface area contributed by atoms with Gasteiger partial charge >= 0.3 is 0 Å². The van der Waals surface area contributed by atoms with Crippen molar-refractivity contribution in [1.29, 1.82) is 0 Å². The van der Waals surface area contributed by atoms with E-state index in [9.17, 15) is 0 Å². The summed E-state index contributed by atoms with van der Waals surface area (Å²) in [7, 11) is 0. The Morgan fingerprint density at radius 2 is 2.17 bits per heavy atom. The number of nitrogens with zero attached hydrogens (tertiary/aromatic N) is 5. The van der Waals surface area contributed by atoms with Crippen molar-refractivity contribution in [3.8, 4) is 0 Å². The monoisotopic (exact) mass is 545 g/mol. The molecule has 9 heteroatoms. The van der Waals surface area contributed by atoms with Gasteiger partial charge < -0.3 is 15.2 Å². The Morgan fingerprint density at radius 3 is 2.93 bits per heavy atom. The molecule has 1 atom stereocenters. The summed E-state index contributed by atoms with van der Waals surface area (Å²) < 4.78 is 2.08. The number of hydrogen-bond acceptors (Lipinski definition) is 4. The van der Waals surface area contributed by atoms with Crippen LogP contribution in [-0.4, -0.2) is 57.8 Å². The quantitative estimate of drug-likeness (QED) is 0.287. The molecule has 0 bridgehead atoms. The Kier molecular flexibility index (Phi) is 10.9. The van der Waals surface area contributed by atoms with Gasteiger partial charge in [0.15, 0.2) is 5.96 Å². The molecule has 1 fully saturated rings. The van der Waals surface area contributed by atoms with E-state index in [2.05, 4.69) is 44.1 Å². The smallest absolute Gasteiger partial charge is 0.191 e. The van der Waals surface area contributed by atoms with Gasteiger partial charge in [-0.3, -0.25) is 4.90 Å². The Labute approximate surface area is 201 Å². The fraction of sp³-hybridized carbons (Fsp3) is 0.571. The maximum atomic E-state index is 6.11. The number of aliphatic imine (C=N–C) groups is 1. The second-order valence-corrected chi connectivity index (χ2v) is 7.76. The number of nitrogens with one attached hydrogen (secondary N) is 2. The zero-order valence-corrected chi connectivity index (χ0v) is 20.9. The maximum Gasteiger partial charge on any atom is 0.191 e. The first-order chi connectivity index (χ1) is 14.2. The van der Waals surface area contributed by atoms with Crippen molar-refractivity contribution in [3.05, 3.63) is 47.0 Å². The standard InChI is InChI=1S/C21H32ClN7.HI/c1-3-20-27-26-16-29(20)12-10-23-21(24-14-17-7-5-8-18(22)13-17)25-15-19-9-6-11-28(19)4-2;/h5,7-8,13,16,19H,3-4,6,9-12,14-15H2,1-2H3,(H2,23,24,25);1H. The average Bonchev–Trinajstić information content (AvgIpc) is 3.38. The number of halogens is 2. The highest BCUT2D eigenvalue weighted by molar-refractivity contribution is 14.0. The molecular formula is C21H33ClIN7. The van der Waals surface area contributed by atoms with E-state index in [1.165, 1.54) is 19.4 Å². The first-order valence-electron chi connectivity index (χ1n) is 10.6. The summed E-state index contributed by atoms with van der Waals surface area (Å²) in [5.41, 5.74) is 1.10. The molecule has 3 rings (SSSR count). The number of rotatable bonds is 9. The van der Waals surface area contributed by atoms with Crippen LogP contribution in [0.5, 0.6) is 0 Å². The molecule has 0 saturated carbocycles. The van der Waals surface area contributed by atoms with Gasteiger partial charge in [0.1, 0.15) is 12.2 Å². The zero-order chi connectivity index (χ0) is 20.5. The topological polar surface area (TPSA) is 70.4 Å². The molecule has 0 aliphatic carbocycles. The van der Waals surface area contributed by atoms with Gasteiger partial charge in [-0.2, -0.15) is 0 Å². The Hall–Kier alpha value is -1.39. The number of aromatic nitrogens is 3. The van der Waals surface area contributed by atoms with Gasteiger partial charge in [-0.15, -0.1) is 34.2 Å². The van der Waals surface area contributed by atoms with Crippen molar-refractivity contribution in [2.75, 3.05) is 26.2 Å². The molecule has 2 N–H and O–H groups in total. The summed E-state index contributed by atoms with van der Waals surface area (Å²) in [6.45, 7) is 9.67. The number of benzene rings is 1. The summed E-state index contributed by atoms with van der Waals surface area (Å²) in [5.74, 6) is 1.83. The van der Waals surface area contributed by atoms with Gasteiger partial charge in [-0.1, -0.05) is 37.6 Å². The molecule has 0 radical (unpaired) electrons. The lowest BCUT2D eigenvalue weighted by Gasteiger charge is -2.24. The summed E-state index contributed by atoms with van der Waals surface area (Å²) in [4.78, 5) is 7.32. The number of guanidine groups is 1.